The lowest BCUT2D eigenvalue weighted by Crippen LogP contribution is -2.47. The molecule has 0 bridgehead atoms. The van der Waals surface area contributed by atoms with Gasteiger partial charge in [-0.05, 0) is 31.6 Å². The fourth-order valence-corrected chi connectivity index (χ4v) is 2.33. The van der Waals surface area contributed by atoms with Crippen molar-refractivity contribution in [1.82, 2.24) is 10.6 Å². The molecule has 3 unspecified atom stereocenters. The zero-order chi connectivity index (χ0) is 13.5. The predicted molar refractivity (Wildman–Crippen MR) is 70.8 cm³/mol. The van der Waals surface area contributed by atoms with Crippen molar-refractivity contribution in [3.63, 3.8) is 0 Å². The van der Waals surface area contributed by atoms with Crippen molar-refractivity contribution in [2.75, 3.05) is 13.1 Å². The van der Waals surface area contributed by atoms with Gasteiger partial charge in [-0.15, -0.1) is 0 Å². The highest BCUT2D eigenvalue weighted by atomic mass is 16.2. The van der Waals surface area contributed by atoms with Crippen LogP contribution in [0, 0.1) is 11.8 Å². The lowest BCUT2D eigenvalue weighted by atomic mass is 9.79. The van der Waals surface area contributed by atoms with Gasteiger partial charge in [0.15, 0.2) is 0 Å². The summed E-state index contributed by atoms with van der Waals surface area (Å²) in [5.74, 6) is 0.172. The number of amides is 2. The first-order chi connectivity index (χ1) is 8.54. The van der Waals surface area contributed by atoms with Gasteiger partial charge in [0, 0.05) is 12.6 Å². The zero-order valence-electron chi connectivity index (χ0n) is 11.4. The Morgan fingerprint density at radius 3 is 2.67 bits per heavy atom. The second kappa shape index (κ2) is 7.36. The van der Waals surface area contributed by atoms with Crippen LogP contribution in [0.4, 0.5) is 0 Å². The molecule has 0 aromatic carbocycles. The molecular weight excluding hydrogens is 230 g/mol. The standard InChI is InChI=1S/C13H25N3O2/c1-3-6-15-12(17)8-16-13(18)10-7-9(2)4-5-11(10)14/h9-11H,3-8,14H2,1-2H3,(H,15,17)(H,16,18). The highest BCUT2D eigenvalue weighted by molar-refractivity contribution is 5.86. The molecule has 1 aliphatic rings. The molecule has 0 saturated heterocycles. The van der Waals surface area contributed by atoms with Crippen LogP contribution in [0.25, 0.3) is 0 Å². The average Bonchev–Trinajstić information content (AvgIpc) is 2.36. The molecule has 0 radical (unpaired) electrons. The van der Waals surface area contributed by atoms with Gasteiger partial charge in [0.1, 0.15) is 0 Å². The van der Waals surface area contributed by atoms with E-state index < -0.39 is 0 Å². The van der Waals surface area contributed by atoms with Gasteiger partial charge in [-0.3, -0.25) is 9.59 Å². The van der Waals surface area contributed by atoms with Crippen molar-refractivity contribution >= 4 is 11.8 Å². The first kappa shape index (κ1) is 15.0. The average molecular weight is 255 g/mol. The van der Waals surface area contributed by atoms with Crippen molar-refractivity contribution in [3.05, 3.63) is 0 Å². The molecule has 5 heteroatoms. The van der Waals surface area contributed by atoms with E-state index in [1.165, 1.54) is 0 Å². The summed E-state index contributed by atoms with van der Waals surface area (Å²) in [6, 6.07) is -0.0695. The molecule has 1 fully saturated rings. The lowest BCUT2D eigenvalue weighted by Gasteiger charge is -2.31. The Hall–Kier alpha value is -1.10. The van der Waals surface area contributed by atoms with Gasteiger partial charge in [0.25, 0.3) is 0 Å². The summed E-state index contributed by atoms with van der Waals surface area (Å²) in [6.45, 7) is 4.83. The number of carbonyl (C=O) groups is 2. The smallest absolute Gasteiger partial charge is 0.239 e. The minimum absolute atomic E-state index is 0.0520. The summed E-state index contributed by atoms with van der Waals surface area (Å²) in [7, 11) is 0. The molecule has 0 aliphatic heterocycles. The number of nitrogens with two attached hydrogens (primary N) is 1. The molecule has 1 rings (SSSR count). The summed E-state index contributed by atoms with van der Waals surface area (Å²) >= 11 is 0. The van der Waals surface area contributed by atoms with E-state index in [4.69, 9.17) is 5.73 Å². The molecule has 104 valence electrons. The van der Waals surface area contributed by atoms with E-state index in [-0.39, 0.29) is 30.3 Å². The van der Waals surface area contributed by atoms with Gasteiger partial charge in [0.2, 0.25) is 11.8 Å². The maximum atomic E-state index is 12.0. The van der Waals surface area contributed by atoms with Gasteiger partial charge in [-0.25, -0.2) is 0 Å². The zero-order valence-corrected chi connectivity index (χ0v) is 11.4. The van der Waals surface area contributed by atoms with Crippen molar-refractivity contribution in [2.45, 2.75) is 45.6 Å². The van der Waals surface area contributed by atoms with Gasteiger partial charge < -0.3 is 16.4 Å². The minimum Gasteiger partial charge on any atom is -0.355 e. The van der Waals surface area contributed by atoms with Gasteiger partial charge in [-0.2, -0.15) is 0 Å². The second-order valence-electron chi connectivity index (χ2n) is 5.26. The largest absolute Gasteiger partial charge is 0.355 e. The Morgan fingerprint density at radius 2 is 2.00 bits per heavy atom. The molecule has 0 spiro atoms. The molecular formula is C13H25N3O2. The Balaban J connectivity index is 2.33. The van der Waals surface area contributed by atoms with Crippen LogP contribution < -0.4 is 16.4 Å². The SMILES string of the molecule is CCCNC(=O)CNC(=O)C1CC(C)CCC1N. The third-order valence-corrected chi connectivity index (χ3v) is 3.50. The highest BCUT2D eigenvalue weighted by Gasteiger charge is 2.31. The first-order valence-electron chi connectivity index (χ1n) is 6.84. The number of hydrogen-bond acceptors (Lipinski definition) is 3. The van der Waals surface area contributed by atoms with E-state index in [1.54, 1.807) is 0 Å². The maximum absolute atomic E-state index is 12.0. The first-order valence-corrected chi connectivity index (χ1v) is 6.84. The maximum Gasteiger partial charge on any atom is 0.239 e. The summed E-state index contributed by atoms with van der Waals surface area (Å²) in [5, 5.41) is 5.41. The summed E-state index contributed by atoms with van der Waals surface area (Å²) in [6.07, 6.45) is 3.69. The number of hydrogen-bond donors (Lipinski definition) is 3. The topological polar surface area (TPSA) is 84.2 Å². The summed E-state index contributed by atoms with van der Waals surface area (Å²) in [5.41, 5.74) is 5.97. The molecule has 2 amide bonds. The molecule has 3 atom stereocenters. The second-order valence-corrected chi connectivity index (χ2v) is 5.26. The molecule has 1 aliphatic carbocycles. The molecule has 0 aromatic rings. The van der Waals surface area contributed by atoms with E-state index in [0.29, 0.717) is 12.5 Å². The predicted octanol–water partition coefficient (Wildman–Crippen LogP) is 0.392. The van der Waals surface area contributed by atoms with Crippen molar-refractivity contribution in [1.29, 1.82) is 0 Å². The molecule has 1 saturated carbocycles. The molecule has 0 aromatic heterocycles. The van der Waals surface area contributed by atoms with E-state index >= 15 is 0 Å². The van der Waals surface area contributed by atoms with Crippen LogP contribution in [0.5, 0.6) is 0 Å². The lowest BCUT2D eigenvalue weighted by molar-refractivity contribution is -0.130. The monoisotopic (exact) mass is 255 g/mol. The third kappa shape index (κ3) is 4.64. The van der Waals surface area contributed by atoms with Crippen LogP contribution in [-0.4, -0.2) is 30.9 Å². The van der Waals surface area contributed by atoms with Gasteiger partial charge >= 0.3 is 0 Å². The van der Waals surface area contributed by atoms with Gasteiger partial charge in [0.05, 0.1) is 12.5 Å². The Labute approximate surface area is 109 Å². The van der Waals surface area contributed by atoms with Crippen molar-refractivity contribution < 1.29 is 9.59 Å². The Kier molecular flexibility index (Phi) is 6.12. The fourth-order valence-electron chi connectivity index (χ4n) is 2.33. The molecule has 4 N–H and O–H groups in total. The summed E-state index contributed by atoms with van der Waals surface area (Å²) < 4.78 is 0. The van der Waals surface area contributed by atoms with E-state index in [1.807, 2.05) is 6.92 Å². The normalized spacial score (nSPS) is 27.6. The summed E-state index contributed by atoms with van der Waals surface area (Å²) in [4.78, 5) is 23.3. The molecule has 0 heterocycles. The van der Waals surface area contributed by atoms with Crippen LogP contribution in [0.2, 0.25) is 0 Å². The third-order valence-electron chi connectivity index (χ3n) is 3.50. The van der Waals surface area contributed by atoms with Crippen LogP contribution >= 0.6 is 0 Å². The van der Waals surface area contributed by atoms with E-state index in [0.717, 1.165) is 25.7 Å². The van der Waals surface area contributed by atoms with E-state index in [2.05, 4.69) is 17.6 Å². The quantitative estimate of drug-likeness (QED) is 0.664. The van der Waals surface area contributed by atoms with Crippen LogP contribution in [0.1, 0.15) is 39.5 Å². The number of rotatable bonds is 5. The van der Waals surface area contributed by atoms with Crippen LogP contribution in [0.15, 0.2) is 0 Å². The highest BCUT2D eigenvalue weighted by Crippen LogP contribution is 2.27. The Morgan fingerprint density at radius 1 is 1.28 bits per heavy atom. The van der Waals surface area contributed by atoms with Crippen molar-refractivity contribution in [2.24, 2.45) is 17.6 Å². The molecule has 18 heavy (non-hydrogen) atoms. The van der Waals surface area contributed by atoms with Crippen LogP contribution in [0.3, 0.4) is 0 Å². The number of carbonyl (C=O) groups excluding carboxylic acids is 2. The van der Waals surface area contributed by atoms with E-state index in [9.17, 15) is 9.59 Å². The van der Waals surface area contributed by atoms with Gasteiger partial charge in [-0.1, -0.05) is 13.8 Å². The van der Waals surface area contributed by atoms with Crippen molar-refractivity contribution in [3.8, 4) is 0 Å². The van der Waals surface area contributed by atoms with Crippen LogP contribution in [-0.2, 0) is 9.59 Å². The fraction of sp³-hybridized carbons (Fsp3) is 0.846. The number of nitrogens with one attached hydrogen (secondary N) is 2. The Bertz CT molecular complexity index is 294. The minimum atomic E-state index is -0.146. The molecule has 5 nitrogen and oxygen atoms in total.